The van der Waals surface area contributed by atoms with Gasteiger partial charge in [-0.1, -0.05) is 78.9 Å². The minimum Gasteiger partial charge on any atom is -0.506 e. The molecule has 4 aromatic carbocycles. The molecule has 0 saturated carbocycles. The summed E-state index contributed by atoms with van der Waals surface area (Å²) in [4.78, 5) is 45.6. The Morgan fingerprint density at radius 2 is 1.52 bits per heavy atom. The Balaban J connectivity index is 0.885. The van der Waals surface area contributed by atoms with Gasteiger partial charge in [0.15, 0.2) is 6.61 Å². The highest BCUT2D eigenvalue weighted by molar-refractivity contribution is 5.87. The Kier molecular flexibility index (Phi) is 13.2. The van der Waals surface area contributed by atoms with Gasteiger partial charge in [0.05, 0.1) is 18.2 Å². The van der Waals surface area contributed by atoms with Crippen LogP contribution in [-0.4, -0.2) is 94.5 Å². The smallest absolute Gasteiger partial charge is 0.347 e. The molecule has 2 saturated heterocycles. The van der Waals surface area contributed by atoms with E-state index in [-0.39, 0.29) is 42.9 Å². The molecule has 0 bridgehead atoms. The number of H-pyrrole nitrogens is 1. The number of carbonyl (C=O) groups is 2. The SMILES string of the molecule is O=C(COc1cccc([C@](O)(C(=O)OCC2CCN(Cc3ccccc3)CC2)c2ccccc2)c1)N1CCC(CNC[C@H](O)c2ccc(O)c3[nH]c(=O)ccc23)CC1. The number of hydrogen-bond donors (Lipinski definition) is 5. The summed E-state index contributed by atoms with van der Waals surface area (Å²) in [6.07, 6.45) is 2.51. The molecule has 0 aliphatic carbocycles. The van der Waals surface area contributed by atoms with Crippen LogP contribution in [0.15, 0.2) is 114 Å². The number of nitrogens with one attached hydrogen (secondary N) is 2. The number of benzene rings is 4. The summed E-state index contributed by atoms with van der Waals surface area (Å²) in [6.45, 7) is 4.82. The Morgan fingerprint density at radius 3 is 2.26 bits per heavy atom. The van der Waals surface area contributed by atoms with Crippen molar-refractivity contribution in [3.05, 3.63) is 142 Å². The van der Waals surface area contributed by atoms with Crippen LogP contribution in [0.4, 0.5) is 0 Å². The molecule has 5 N–H and O–H groups in total. The zero-order valence-corrected chi connectivity index (χ0v) is 32.6. The van der Waals surface area contributed by atoms with E-state index in [2.05, 4.69) is 39.5 Å². The number of phenolic OH excluding ortho intramolecular Hbond substituents is 1. The lowest BCUT2D eigenvalue weighted by Gasteiger charge is -2.33. The Labute approximate surface area is 338 Å². The third kappa shape index (κ3) is 9.76. The van der Waals surface area contributed by atoms with Crippen LogP contribution in [0.2, 0.25) is 0 Å². The van der Waals surface area contributed by atoms with E-state index >= 15 is 0 Å². The lowest BCUT2D eigenvalue weighted by Crippen LogP contribution is -2.43. The van der Waals surface area contributed by atoms with Crippen molar-refractivity contribution in [2.24, 2.45) is 11.8 Å². The maximum Gasteiger partial charge on any atom is 0.347 e. The number of hydrogen-bond acceptors (Lipinski definition) is 10. The normalized spacial score (nSPS) is 17.1. The number of aromatic amines is 1. The zero-order valence-electron chi connectivity index (χ0n) is 32.6. The highest BCUT2D eigenvalue weighted by Gasteiger charge is 2.42. The molecule has 2 aliphatic heterocycles. The van der Waals surface area contributed by atoms with Crippen molar-refractivity contribution in [1.82, 2.24) is 20.1 Å². The van der Waals surface area contributed by atoms with E-state index in [0.717, 1.165) is 45.3 Å². The molecular weight excluding hydrogens is 737 g/mol. The van der Waals surface area contributed by atoms with E-state index in [1.807, 2.05) is 12.1 Å². The first-order valence-electron chi connectivity index (χ1n) is 20.1. The lowest BCUT2D eigenvalue weighted by molar-refractivity contribution is -0.164. The number of likely N-dealkylation sites (tertiary alicyclic amines) is 2. The fraction of sp³-hybridized carbons (Fsp3) is 0.370. The van der Waals surface area contributed by atoms with Gasteiger partial charge in [0.2, 0.25) is 11.2 Å². The number of ether oxygens (including phenoxy) is 2. The van der Waals surface area contributed by atoms with E-state index in [0.29, 0.717) is 58.9 Å². The molecule has 2 fully saturated rings. The van der Waals surface area contributed by atoms with Gasteiger partial charge < -0.3 is 40.0 Å². The molecule has 1 amide bonds. The second-order valence-corrected chi connectivity index (χ2v) is 15.5. The van der Waals surface area contributed by atoms with Crippen LogP contribution in [0.5, 0.6) is 11.5 Å². The third-order valence-corrected chi connectivity index (χ3v) is 11.5. The number of nitrogens with zero attached hydrogens (tertiary/aromatic N) is 2. The molecule has 7 rings (SSSR count). The van der Waals surface area contributed by atoms with Crippen LogP contribution in [0.3, 0.4) is 0 Å². The number of piperidine rings is 2. The van der Waals surface area contributed by atoms with Crippen LogP contribution < -0.4 is 15.6 Å². The van der Waals surface area contributed by atoms with Crippen LogP contribution >= 0.6 is 0 Å². The van der Waals surface area contributed by atoms with E-state index in [1.54, 1.807) is 65.6 Å². The molecule has 0 unspecified atom stereocenters. The molecule has 0 spiro atoms. The molecule has 2 atom stereocenters. The lowest BCUT2D eigenvalue weighted by atomic mass is 9.86. The molecule has 3 heterocycles. The standard InChI is InChI=1S/C46H52N4O8/c51-40-16-14-38(39-15-17-42(53)48-44(39)40)41(52)28-47-27-32-20-24-50(25-21-32)43(54)31-57-37-13-7-12-36(26-37)46(56,35-10-5-2-6-11-35)45(55)58-30-34-18-22-49(23-19-34)29-33-8-3-1-4-9-33/h1-17,26,32,34,41,47,51-52,56H,18-25,27-31H2,(H,48,53)/t41-,46-/m0/s1. The van der Waals surface area contributed by atoms with E-state index in [4.69, 9.17) is 9.47 Å². The fourth-order valence-electron chi connectivity index (χ4n) is 8.05. The average Bonchev–Trinajstić information content (AvgIpc) is 3.26. The first-order valence-corrected chi connectivity index (χ1v) is 20.1. The number of esters is 1. The highest BCUT2D eigenvalue weighted by Crippen LogP contribution is 2.34. The minimum absolute atomic E-state index is 0.0543. The van der Waals surface area contributed by atoms with Gasteiger partial charge >= 0.3 is 5.97 Å². The van der Waals surface area contributed by atoms with Crippen LogP contribution in [-0.2, 0) is 26.5 Å². The van der Waals surface area contributed by atoms with Gasteiger partial charge in [0, 0.05) is 43.2 Å². The molecule has 2 aliphatic rings. The van der Waals surface area contributed by atoms with Gasteiger partial charge in [-0.25, -0.2) is 4.79 Å². The van der Waals surface area contributed by atoms with Gasteiger partial charge in [-0.05, 0) is 98.1 Å². The molecule has 304 valence electrons. The zero-order chi connectivity index (χ0) is 40.5. The minimum atomic E-state index is -2.08. The van der Waals surface area contributed by atoms with Gasteiger partial charge in [0.25, 0.3) is 5.91 Å². The van der Waals surface area contributed by atoms with E-state index in [1.165, 1.54) is 17.7 Å². The fourth-order valence-corrected chi connectivity index (χ4v) is 8.05. The predicted molar refractivity (Wildman–Crippen MR) is 220 cm³/mol. The molecular formula is C46H52N4O8. The molecule has 12 heteroatoms. The number of aromatic hydroxyl groups is 1. The largest absolute Gasteiger partial charge is 0.506 e. The highest BCUT2D eigenvalue weighted by atomic mass is 16.5. The summed E-state index contributed by atoms with van der Waals surface area (Å²) < 4.78 is 11.8. The van der Waals surface area contributed by atoms with Crippen molar-refractivity contribution >= 4 is 22.8 Å². The number of aromatic nitrogens is 1. The van der Waals surface area contributed by atoms with Crippen molar-refractivity contribution in [2.45, 2.75) is 43.9 Å². The number of carbonyl (C=O) groups excluding carboxylic acids is 2. The second kappa shape index (κ2) is 18.8. The van der Waals surface area contributed by atoms with E-state index < -0.39 is 17.7 Å². The van der Waals surface area contributed by atoms with Crippen molar-refractivity contribution in [3.63, 3.8) is 0 Å². The number of amides is 1. The number of pyridine rings is 1. The summed E-state index contributed by atoms with van der Waals surface area (Å²) in [5.74, 6) is -0.109. The average molecular weight is 789 g/mol. The topological polar surface area (TPSA) is 165 Å². The first-order chi connectivity index (χ1) is 28.2. The van der Waals surface area contributed by atoms with Gasteiger partial charge in [-0.15, -0.1) is 0 Å². The Bertz CT molecular complexity index is 2200. The molecule has 12 nitrogen and oxygen atoms in total. The number of aliphatic hydroxyl groups is 2. The van der Waals surface area contributed by atoms with E-state index in [9.17, 15) is 29.7 Å². The van der Waals surface area contributed by atoms with Crippen LogP contribution in [0.25, 0.3) is 10.9 Å². The van der Waals surface area contributed by atoms with Crippen molar-refractivity contribution in [1.29, 1.82) is 0 Å². The molecule has 1 aromatic heterocycles. The number of phenols is 1. The predicted octanol–water partition coefficient (Wildman–Crippen LogP) is 4.87. The summed E-state index contributed by atoms with van der Waals surface area (Å²) in [5, 5.41) is 37.1. The van der Waals surface area contributed by atoms with Crippen molar-refractivity contribution < 1.29 is 34.4 Å². The van der Waals surface area contributed by atoms with Gasteiger partial charge in [-0.2, -0.15) is 0 Å². The molecule has 58 heavy (non-hydrogen) atoms. The summed E-state index contributed by atoms with van der Waals surface area (Å²) in [7, 11) is 0. The maximum absolute atomic E-state index is 13.8. The molecule has 0 radical (unpaired) electrons. The number of aliphatic hydroxyl groups excluding tert-OH is 1. The van der Waals surface area contributed by atoms with Crippen LogP contribution in [0, 0.1) is 11.8 Å². The number of rotatable bonds is 15. The van der Waals surface area contributed by atoms with Crippen molar-refractivity contribution in [2.75, 3.05) is 52.5 Å². The van der Waals surface area contributed by atoms with Gasteiger partial charge in [-0.3, -0.25) is 14.5 Å². The quantitative estimate of drug-likeness (QED) is 0.0926. The van der Waals surface area contributed by atoms with Gasteiger partial charge in [0.1, 0.15) is 11.5 Å². The molecule has 5 aromatic rings. The third-order valence-electron chi connectivity index (χ3n) is 11.5. The Morgan fingerprint density at radius 1 is 0.828 bits per heavy atom. The second-order valence-electron chi connectivity index (χ2n) is 15.5. The summed E-state index contributed by atoms with van der Waals surface area (Å²) in [5.41, 5.74) is 0.434. The maximum atomic E-state index is 13.8. The van der Waals surface area contributed by atoms with Crippen LogP contribution in [0.1, 0.15) is 54.0 Å². The summed E-state index contributed by atoms with van der Waals surface area (Å²) >= 11 is 0. The first kappa shape index (κ1) is 40.7. The van der Waals surface area contributed by atoms with Crippen molar-refractivity contribution in [3.8, 4) is 11.5 Å². The number of fused-ring (bicyclic) bond motifs is 1. The monoisotopic (exact) mass is 788 g/mol. The Hall–Kier alpha value is -5.53. The summed E-state index contributed by atoms with van der Waals surface area (Å²) in [6, 6.07) is 31.9.